The maximum Gasteiger partial charge on any atom is 0.251 e. The second kappa shape index (κ2) is 6.11. The molecule has 0 radical (unpaired) electrons. The second-order valence-electron chi connectivity index (χ2n) is 6.40. The highest BCUT2D eigenvalue weighted by Crippen LogP contribution is 2.22. The Kier molecular flexibility index (Phi) is 3.80. The van der Waals surface area contributed by atoms with Gasteiger partial charge in [-0.2, -0.15) is 0 Å². The maximum absolute atomic E-state index is 12.6. The maximum atomic E-state index is 12.6. The van der Waals surface area contributed by atoms with Gasteiger partial charge in [0.1, 0.15) is 5.82 Å². The third-order valence-corrected chi connectivity index (χ3v) is 4.76. The summed E-state index contributed by atoms with van der Waals surface area (Å²) in [5.41, 5.74) is 1.41. The van der Waals surface area contributed by atoms with Crippen molar-refractivity contribution in [1.82, 2.24) is 14.9 Å². The molecule has 0 spiro atoms. The van der Waals surface area contributed by atoms with E-state index in [0.717, 1.165) is 43.9 Å². The van der Waals surface area contributed by atoms with E-state index < -0.39 is 0 Å². The Bertz CT molecular complexity index is 783. The number of aromatic nitrogens is 2. The van der Waals surface area contributed by atoms with E-state index in [1.54, 1.807) is 17.2 Å². The lowest BCUT2D eigenvalue weighted by molar-refractivity contribution is -0.117. The number of aryl methyl sites for hydroxylation is 1. The van der Waals surface area contributed by atoms with E-state index in [2.05, 4.69) is 14.9 Å². The molecule has 2 aromatic rings. The minimum Gasteiger partial charge on any atom is -0.347 e. The molecule has 124 valence electrons. The first-order chi connectivity index (χ1) is 11.7. The van der Waals surface area contributed by atoms with Gasteiger partial charge in [-0.05, 0) is 31.0 Å². The summed E-state index contributed by atoms with van der Waals surface area (Å²) in [6.07, 6.45) is 6.99. The number of amides is 2. The van der Waals surface area contributed by atoms with Crippen molar-refractivity contribution in [1.29, 1.82) is 0 Å². The lowest BCUT2D eigenvalue weighted by Crippen LogP contribution is -2.41. The highest BCUT2D eigenvalue weighted by atomic mass is 16.2. The van der Waals surface area contributed by atoms with Gasteiger partial charge in [0.15, 0.2) is 0 Å². The smallest absolute Gasteiger partial charge is 0.251 e. The third kappa shape index (κ3) is 2.79. The van der Waals surface area contributed by atoms with Crippen LogP contribution in [0.25, 0.3) is 0 Å². The number of anilines is 1. The topological polar surface area (TPSA) is 67.2 Å². The molecule has 3 heterocycles. The van der Waals surface area contributed by atoms with Gasteiger partial charge >= 0.3 is 0 Å². The van der Waals surface area contributed by atoms with Gasteiger partial charge in [-0.25, -0.2) is 4.98 Å². The van der Waals surface area contributed by atoms with Gasteiger partial charge < -0.3 is 14.8 Å². The van der Waals surface area contributed by atoms with Crippen LogP contribution in [0.5, 0.6) is 0 Å². The van der Waals surface area contributed by atoms with E-state index in [-0.39, 0.29) is 17.9 Å². The first-order valence-corrected chi connectivity index (χ1v) is 8.42. The predicted octanol–water partition coefficient (Wildman–Crippen LogP) is 1.75. The first-order valence-electron chi connectivity index (χ1n) is 8.42. The number of imidazole rings is 1. The van der Waals surface area contributed by atoms with E-state index in [0.29, 0.717) is 12.0 Å². The minimum absolute atomic E-state index is 0.0861. The first kappa shape index (κ1) is 14.9. The predicted molar refractivity (Wildman–Crippen MR) is 89.8 cm³/mol. The zero-order valence-electron chi connectivity index (χ0n) is 13.4. The zero-order valence-corrected chi connectivity index (χ0v) is 13.4. The van der Waals surface area contributed by atoms with Crippen LogP contribution in [0.15, 0.2) is 36.7 Å². The number of nitrogens with zero attached hydrogens (tertiary/aromatic N) is 3. The Hall–Kier alpha value is -2.63. The van der Waals surface area contributed by atoms with Gasteiger partial charge in [-0.1, -0.05) is 6.07 Å². The quantitative estimate of drug-likeness (QED) is 0.935. The standard InChI is InChI=1S/C18H20N4O2/c23-17-5-2-9-22(17)15-4-1-3-13(11-15)18(24)20-14-6-7-16-19-8-10-21(16)12-14/h1,3-4,8,10-11,14H,2,5-7,9,12H2,(H,20,24). The largest absolute Gasteiger partial charge is 0.347 e. The molecule has 1 fully saturated rings. The molecule has 1 N–H and O–H groups in total. The molecular formula is C18H20N4O2. The molecule has 1 unspecified atom stereocenters. The van der Waals surface area contributed by atoms with E-state index in [1.165, 1.54) is 0 Å². The van der Waals surface area contributed by atoms with Crippen LogP contribution in [0, 0.1) is 0 Å². The normalized spacial score (nSPS) is 20.1. The van der Waals surface area contributed by atoms with Crippen molar-refractivity contribution < 1.29 is 9.59 Å². The fourth-order valence-corrected chi connectivity index (χ4v) is 3.49. The molecule has 0 saturated carbocycles. The number of benzene rings is 1. The average molecular weight is 324 g/mol. The monoisotopic (exact) mass is 324 g/mol. The van der Waals surface area contributed by atoms with E-state index >= 15 is 0 Å². The van der Waals surface area contributed by atoms with Crippen LogP contribution >= 0.6 is 0 Å². The van der Waals surface area contributed by atoms with Gasteiger partial charge in [0.05, 0.1) is 0 Å². The molecule has 4 rings (SSSR count). The van der Waals surface area contributed by atoms with E-state index in [4.69, 9.17) is 0 Å². The van der Waals surface area contributed by atoms with Crippen LogP contribution in [0.4, 0.5) is 5.69 Å². The van der Waals surface area contributed by atoms with Crippen molar-refractivity contribution in [3.8, 4) is 0 Å². The summed E-state index contributed by atoms with van der Waals surface area (Å²) < 4.78 is 2.09. The van der Waals surface area contributed by atoms with Crippen molar-refractivity contribution in [3.05, 3.63) is 48.0 Å². The Labute approximate surface area is 140 Å². The Morgan fingerprint density at radius 1 is 1.29 bits per heavy atom. The third-order valence-electron chi connectivity index (χ3n) is 4.76. The molecule has 6 heteroatoms. The van der Waals surface area contributed by atoms with Crippen molar-refractivity contribution in [2.75, 3.05) is 11.4 Å². The molecule has 0 aliphatic carbocycles. The van der Waals surface area contributed by atoms with Crippen LogP contribution < -0.4 is 10.2 Å². The van der Waals surface area contributed by atoms with Crippen molar-refractivity contribution >= 4 is 17.5 Å². The number of fused-ring (bicyclic) bond motifs is 1. The molecule has 24 heavy (non-hydrogen) atoms. The molecule has 1 aromatic carbocycles. The Balaban J connectivity index is 1.46. The molecule has 1 saturated heterocycles. The van der Waals surface area contributed by atoms with Crippen LogP contribution in [-0.4, -0.2) is 34.0 Å². The molecule has 0 bridgehead atoms. The molecule has 2 aliphatic heterocycles. The van der Waals surface area contributed by atoms with Crippen LogP contribution in [0.3, 0.4) is 0 Å². The molecule has 2 amide bonds. The average Bonchev–Trinajstić information content (AvgIpc) is 3.23. The molecule has 1 atom stereocenters. The van der Waals surface area contributed by atoms with Gasteiger partial charge in [-0.3, -0.25) is 9.59 Å². The fourth-order valence-electron chi connectivity index (χ4n) is 3.49. The van der Waals surface area contributed by atoms with E-state index in [9.17, 15) is 9.59 Å². The zero-order chi connectivity index (χ0) is 16.5. The summed E-state index contributed by atoms with van der Waals surface area (Å²) in [5.74, 6) is 1.12. The number of hydrogen-bond donors (Lipinski definition) is 1. The van der Waals surface area contributed by atoms with Gasteiger partial charge in [-0.15, -0.1) is 0 Å². The van der Waals surface area contributed by atoms with Crippen LogP contribution in [0.1, 0.15) is 35.4 Å². The van der Waals surface area contributed by atoms with Gasteiger partial charge in [0.25, 0.3) is 5.91 Å². The second-order valence-corrected chi connectivity index (χ2v) is 6.40. The summed E-state index contributed by atoms with van der Waals surface area (Å²) in [4.78, 5) is 30.5. The minimum atomic E-state index is -0.0861. The van der Waals surface area contributed by atoms with E-state index in [1.807, 2.05) is 24.4 Å². The summed E-state index contributed by atoms with van der Waals surface area (Å²) in [7, 11) is 0. The number of nitrogens with one attached hydrogen (secondary N) is 1. The fraction of sp³-hybridized carbons (Fsp3) is 0.389. The van der Waals surface area contributed by atoms with Crippen LogP contribution in [0.2, 0.25) is 0 Å². The summed E-state index contributed by atoms with van der Waals surface area (Å²) in [5, 5.41) is 3.10. The van der Waals surface area contributed by atoms with Crippen LogP contribution in [-0.2, 0) is 17.8 Å². The molecule has 1 aromatic heterocycles. The van der Waals surface area contributed by atoms with Gasteiger partial charge in [0.2, 0.25) is 5.91 Å². The SMILES string of the molecule is O=C(NC1CCc2nccn2C1)c1cccc(N2CCCC2=O)c1. The molecule has 2 aliphatic rings. The van der Waals surface area contributed by atoms with Gasteiger partial charge in [0, 0.05) is 55.6 Å². The van der Waals surface area contributed by atoms with Crippen molar-refractivity contribution in [2.24, 2.45) is 0 Å². The number of rotatable bonds is 3. The lowest BCUT2D eigenvalue weighted by Gasteiger charge is -2.25. The van der Waals surface area contributed by atoms with Crippen molar-refractivity contribution in [2.45, 2.75) is 38.3 Å². The molecular weight excluding hydrogens is 304 g/mol. The summed E-state index contributed by atoms with van der Waals surface area (Å²) in [6.45, 7) is 1.49. The number of carbonyl (C=O) groups excluding carboxylic acids is 2. The highest BCUT2D eigenvalue weighted by Gasteiger charge is 2.24. The highest BCUT2D eigenvalue weighted by molar-refractivity contribution is 5.99. The Morgan fingerprint density at radius 2 is 2.21 bits per heavy atom. The number of carbonyl (C=O) groups is 2. The van der Waals surface area contributed by atoms with Crippen molar-refractivity contribution in [3.63, 3.8) is 0 Å². The lowest BCUT2D eigenvalue weighted by atomic mass is 10.1. The Morgan fingerprint density at radius 3 is 3.04 bits per heavy atom. The summed E-state index contributed by atoms with van der Waals surface area (Å²) in [6, 6.07) is 7.44. The molecule has 6 nitrogen and oxygen atoms in total. The number of hydrogen-bond acceptors (Lipinski definition) is 3. The summed E-state index contributed by atoms with van der Waals surface area (Å²) >= 11 is 0.